The van der Waals surface area contributed by atoms with E-state index in [1.54, 1.807) is 0 Å². The van der Waals surface area contributed by atoms with Crippen molar-refractivity contribution in [3.8, 4) is 0 Å². The Balaban J connectivity index is 2.97. The number of hydrogen-bond acceptors (Lipinski definition) is 4. The van der Waals surface area contributed by atoms with Crippen LogP contribution in [0.1, 0.15) is 0 Å². The van der Waals surface area contributed by atoms with Crippen LogP contribution in [0.5, 0.6) is 0 Å². The molecular formula is C14H8F8N2O2. The van der Waals surface area contributed by atoms with Crippen LogP contribution in [-0.2, 0) is 9.59 Å². The fourth-order valence-corrected chi connectivity index (χ4v) is 1.39. The largest absolute Gasteiger partial charge is 0.454 e. The van der Waals surface area contributed by atoms with E-state index in [2.05, 4.69) is 0 Å². The first kappa shape index (κ1) is 21.1. The van der Waals surface area contributed by atoms with Gasteiger partial charge in [-0.3, -0.25) is 9.59 Å². The predicted octanol–water partition coefficient (Wildman–Crippen LogP) is 4.08. The SMILES string of the molecule is O=C(C=CNc1cc(F)c(F)cc1NC=CC(=O)C(F)(F)F)C(F)(F)F. The summed E-state index contributed by atoms with van der Waals surface area (Å²) in [6.45, 7) is 0. The summed E-state index contributed by atoms with van der Waals surface area (Å²) in [6.07, 6.45) is -9.22. The van der Waals surface area contributed by atoms with Crippen molar-refractivity contribution in [2.24, 2.45) is 0 Å². The number of halogens is 8. The van der Waals surface area contributed by atoms with Crippen molar-refractivity contribution in [1.82, 2.24) is 0 Å². The van der Waals surface area contributed by atoms with Crippen LogP contribution in [0.3, 0.4) is 0 Å². The molecule has 12 heteroatoms. The molecule has 0 amide bonds. The van der Waals surface area contributed by atoms with E-state index in [-0.39, 0.29) is 12.2 Å². The van der Waals surface area contributed by atoms with Gasteiger partial charge >= 0.3 is 12.4 Å². The van der Waals surface area contributed by atoms with Crippen LogP contribution in [-0.4, -0.2) is 23.9 Å². The van der Waals surface area contributed by atoms with Gasteiger partial charge in [0, 0.05) is 36.7 Å². The molecule has 0 spiro atoms. The molecule has 26 heavy (non-hydrogen) atoms. The summed E-state index contributed by atoms with van der Waals surface area (Å²) >= 11 is 0. The lowest BCUT2D eigenvalue weighted by molar-refractivity contribution is -0.165. The second-order valence-electron chi connectivity index (χ2n) is 4.49. The van der Waals surface area contributed by atoms with E-state index in [4.69, 9.17) is 0 Å². The van der Waals surface area contributed by atoms with Crippen molar-refractivity contribution in [2.45, 2.75) is 12.4 Å². The van der Waals surface area contributed by atoms with Crippen molar-refractivity contribution >= 4 is 22.9 Å². The van der Waals surface area contributed by atoms with E-state index in [9.17, 15) is 44.7 Å². The minimum atomic E-state index is -5.14. The fraction of sp³-hybridized carbons (Fsp3) is 0.143. The number of alkyl halides is 6. The number of carbonyl (C=O) groups excluding carboxylic acids is 2. The van der Waals surface area contributed by atoms with Gasteiger partial charge in [0.2, 0.25) is 0 Å². The molecule has 1 aromatic rings. The first-order chi connectivity index (χ1) is 11.8. The van der Waals surface area contributed by atoms with Crippen molar-refractivity contribution < 1.29 is 44.7 Å². The van der Waals surface area contributed by atoms with Crippen LogP contribution < -0.4 is 10.6 Å². The van der Waals surface area contributed by atoms with Crippen molar-refractivity contribution in [1.29, 1.82) is 0 Å². The Morgan fingerprint density at radius 3 is 1.31 bits per heavy atom. The lowest BCUT2D eigenvalue weighted by atomic mass is 10.2. The molecule has 0 aromatic heterocycles. The third kappa shape index (κ3) is 6.18. The van der Waals surface area contributed by atoms with E-state index in [1.807, 2.05) is 10.6 Å². The van der Waals surface area contributed by atoms with Crippen LogP contribution in [0.15, 0.2) is 36.7 Å². The molecule has 0 heterocycles. The van der Waals surface area contributed by atoms with Gasteiger partial charge in [-0.2, -0.15) is 26.3 Å². The Bertz CT molecular complexity index is 688. The van der Waals surface area contributed by atoms with Gasteiger partial charge in [-0.25, -0.2) is 8.78 Å². The van der Waals surface area contributed by atoms with Gasteiger partial charge in [0.15, 0.2) is 11.6 Å². The summed E-state index contributed by atoms with van der Waals surface area (Å²) in [7, 11) is 0. The molecule has 4 nitrogen and oxygen atoms in total. The molecule has 142 valence electrons. The highest BCUT2D eigenvalue weighted by Gasteiger charge is 2.36. The molecule has 0 atom stereocenters. The number of hydrogen-bond donors (Lipinski definition) is 2. The summed E-state index contributed by atoms with van der Waals surface area (Å²) in [5.41, 5.74) is -0.835. The van der Waals surface area contributed by atoms with E-state index in [0.717, 1.165) is 0 Å². The van der Waals surface area contributed by atoms with E-state index >= 15 is 0 Å². The molecule has 0 fully saturated rings. The molecule has 0 radical (unpaired) electrons. The maximum atomic E-state index is 13.2. The maximum absolute atomic E-state index is 13.2. The Morgan fingerprint density at radius 1 is 0.731 bits per heavy atom. The zero-order valence-corrected chi connectivity index (χ0v) is 12.3. The number of allylic oxidation sites excluding steroid dienone is 2. The summed E-state index contributed by atoms with van der Waals surface area (Å²) in [5.74, 6) is -7.33. The Morgan fingerprint density at radius 2 is 1.04 bits per heavy atom. The van der Waals surface area contributed by atoms with Gasteiger partial charge in [-0.15, -0.1) is 0 Å². The quantitative estimate of drug-likeness (QED) is 0.570. The van der Waals surface area contributed by atoms with Crippen LogP contribution in [0.4, 0.5) is 46.5 Å². The molecule has 0 aliphatic carbocycles. The molecule has 0 aliphatic heterocycles. The average Bonchev–Trinajstić information content (AvgIpc) is 2.49. The van der Waals surface area contributed by atoms with Gasteiger partial charge in [0.25, 0.3) is 11.6 Å². The van der Waals surface area contributed by atoms with Crippen molar-refractivity contribution in [2.75, 3.05) is 10.6 Å². The van der Waals surface area contributed by atoms with Gasteiger partial charge < -0.3 is 10.6 Å². The van der Waals surface area contributed by atoms with E-state index in [0.29, 0.717) is 24.5 Å². The number of rotatable bonds is 6. The molecule has 2 N–H and O–H groups in total. The minimum Gasteiger partial charge on any atom is -0.360 e. The third-order valence-corrected chi connectivity index (χ3v) is 2.57. The van der Waals surface area contributed by atoms with Gasteiger partial charge in [-0.05, 0) is 0 Å². The molecular weight excluding hydrogens is 380 g/mol. The van der Waals surface area contributed by atoms with Gasteiger partial charge in [0.05, 0.1) is 11.4 Å². The van der Waals surface area contributed by atoms with Crippen molar-refractivity contribution in [3.63, 3.8) is 0 Å². The molecule has 1 aromatic carbocycles. The first-order valence-electron chi connectivity index (χ1n) is 6.40. The summed E-state index contributed by atoms with van der Waals surface area (Å²) < 4.78 is 98.6. The third-order valence-electron chi connectivity index (χ3n) is 2.57. The summed E-state index contributed by atoms with van der Waals surface area (Å²) in [6, 6.07) is 0.943. The Labute approximate surface area is 140 Å². The van der Waals surface area contributed by atoms with Crippen molar-refractivity contribution in [3.05, 3.63) is 48.3 Å². The predicted molar refractivity (Wildman–Crippen MR) is 74.0 cm³/mol. The second kappa shape index (κ2) is 7.97. The highest BCUT2D eigenvalue weighted by molar-refractivity contribution is 5.95. The van der Waals surface area contributed by atoms with Crippen LogP contribution in [0, 0.1) is 11.6 Å². The molecule has 0 bridgehead atoms. The van der Waals surface area contributed by atoms with Crippen LogP contribution in [0.25, 0.3) is 0 Å². The van der Waals surface area contributed by atoms with Crippen LogP contribution >= 0.6 is 0 Å². The van der Waals surface area contributed by atoms with Gasteiger partial charge in [0.1, 0.15) is 0 Å². The molecule has 1 rings (SSSR count). The first-order valence-corrected chi connectivity index (χ1v) is 6.40. The number of carbonyl (C=O) groups is 2. The second-order valence-corrected chi connectivity index (χ2v) is 4.49. The molecule has 0 saturated heterocycles. The normalized spacial score (nSPS) is 12.6. The molecule has 0 aliphatic rings. The zero-order chi connectivity index (χ0) is 20.1. The smallest absolute Gasteiger partial charge is 0.360 e. The fourth-order valence-electron chi connectivity index (χ4n) is 1.39. The number of benzene rings is 1. The Kier molecular flexibility index (Phi) is 6.48. The highest BCUT2D eigenvalue weighted by atomic mass is 19.4. The monoisotopic (exact) mass is 388 g/mol. The standard InChI is InChI=1S/C14H8F8N2O2/c15-7-5-9(23-3-1-11(25)13(17,18)19)10(6-8(7)16)24-4-2-12(26)14(20,21)22/h1-6,23-24H. The lowest BCUT2D eigenvalue weighted by Gasteiger charge is -2.10. The Hall–Kier alpha value is -2.92. The summed E-state index contributed by atoms with van der Waals surface area (Å²) in [5, 5.41) is 4.08. The highest BCUT2D eigenvalue weighted by Crippen LogP contribution is 2.26. The van der Waals surface area contributed by atoms with Gasteiger partial charge in [-0.1, -0.05) is 0 Å². The number of anilines is 2. The lowest BCUT2D eigenvalue weighted by Crippen LogP contribution is -2.20. The van der Waals surface area contributed by atoms with E-state index < -0.39 is 46.9 Å². The number of ketones is 2. The van der Waals surface area contributed by atoms with Crippen LogP contribution in [0.2, 0.25) is 0 Å². The molecule has 0 saturated carbocycles. The zero-order valence-electron chi connectivity index (χ0n) is 12.3. The average molecular weight is 388 g/mol. The maximum Gasteiger partial charge on any atom is 0.454 e. The molecule has 0 unspecified atom stereocenters. The number of nitrogens with one attached hydrogen (secondary N) is 2. The topological polar surface area (TPSA) is 58.2 Å². The summed E-state index contributed by atoms with van der Waals surface area (Å²) in [4.78, 5) is 21.3. The van der Waals surface area contributed by atoms with E-state index in [1.165, 1.54) is 0 Å². The minimum absolute atomic E-state index is 0.0636.